The maximum Gasteiger partial charge on any atom is 0.387 e. The Hall–Kier alpha value is -3.56. The number of aromatic nitrogens is 4. The first-order valence-electron chi connectivity index (χ1n) is 8.21. The minimum Gasteiger partial charge on any atom is -0.493 e. The van der Waals surface area contributed by atoms with Gasteiger partial charge in [0.1, 0.15) is 11.9 Å². The van der Waals surface area contributed by atoms with E-state index in [9.17, 15) is 13.2 Å². The number of hydrogen-bond acceptors (Lipinski definition) is 6. The van der Waals surface area contributed by atoms with Crippen LogP contribution in [0.3, 0.4) is 0 Å². The highest BCUT2D eigenvalue weighted by Gasteiger charge is 2.29. The monoisotopic (exact) mass is 389 g/mol. The van der Waals surface area contributed by atoms with Crippen LogP contribution >= 0.6 is 0 Å². The molecule has 10 heteroatoms. The number of alkyl halides is 2. The first-order valence-corrected chi connectivity index (χ1v) is 8.21. The van der Waals surface area contributed by atoms with Gasteiger partial charge >= 0.3 is 6.61 Å². The maximum atomic E-state index is 13.3. The summed E-state index contributed by atoms with van der Waals surface area (Å²) in [4.78, 5) is 0. The van der Waals surface area contributed by atoms with Crippen LogP contribution in [0.25, 0.3) is 5.70 Å². The molecule has 0 radical (unpaired) electrons. The Balaban J connectivity index is 1.85. The van der Waals surface area contributed by atoms with Crippen LogP contribution in [-0.2, 0) is 0 Å². The molecule has 1 aliphatic heterocycles. The standard InChI is InChI=1S/C18H14F3N5O2/c1-27-15-4-2-3-12(16(15)28-17(20)21)14-9-13(10-5-7-11(19)8-6-10)22-18-23-24-25-26(14)18/h2-9,14,17H,1H3,(H,22,23,25)/t14-/m0/s1. The summed E-state index contributed by atoms with van der Waals surface area (Å²) in [5.74, 6) is -0.0228. The van der Waals surface area contributed by atoms with Crippen LogP contribution in [0, 0.1) is 5.82 Å². The second kappa shape index (κ2) is 7.22. The minimum absolute atomic E-state index is 0.108. The number of nitrogens with one attached hydrogen (secondary N) is 1. The van der Waals surface area contributed by atoms with Crippen molar-refractivity contribution in [3.8, 4) is 11.5 Å². The molecule has 0 spiro atoms. The van der Waals surface area contributed by atoms with E-state index in [0.717, 1.165) is 0 Å². The number of allylic oxidation sites excluding steroid dienone is 1. The van der Waals surface area contributed by atoms with Crippen LogP contribution in [0.15, 0.2) is 48.5 Å². The fraction of sp³-hybridized carbons (Fsp3) is 0.167. The van der Waals surface area contributed by atoms with Gasteiger partial charge in [-0.1, -0.05) is 17.2 Å². The van der Waals surface area contributed by atoms with Crippen LogP contribution in [0.2, 0.25) is 0 Å². The Labute approximate surface area is 157 Å². The van der Waals surface area contributed by atoms with Crippen molar-refractivity contribution in [2.75, 3.05) is 12.4 Å². The number of para-hydroxylation sites is 1. The summed E-state index contributed by atoms with van der Waals surface area (Å²) in [6.45, 7) is -3.04. The lowest BCUT2D eigenvalue weighted by Gasteiger charge is -2.25. The van der Waals surface area contributed by atoms with E-state index in [1.165, 1.54) is 30.0 Å². The second-order valence-electron chi connectivity index (χ2n) is 5.86. The first-order chi connectivity index (χ1) is 13.6. The average Bonchev–Trinajstić information content (AvgIpc) is 3.16. The minimum atomic E-state index is -3.04. The van der Waals surface area contributed by atoms with Crippen LogP contribution in [-0.4, -0.2) is 33.9 Å². The fourth-order valence-electron chi connectivity index (χ4n) is 3.01. The molecule has 0 amide bonds. The molecule has 1 atom stereocenters. The van der Waals surface area contributed by atoms with Crippen molar-refractivity contribution in [1.29, 1.82) is 0 Å². The van der Waals surface area contributed by atoms with E-state index in [0.29, 0.717) is 22.8 Å². The number of fused-ring (bicyclic) bond motifs is 1. The van der Waals surface area contributed by atoms with Crippen LogP contribution in [0.1, 0.15) is 17.2 Å². The van der Waals surface area contributed by atoms with E-state index in [1.54, 1.807) is 30.3 Å². The van der Waals surface area contributed by atoms with Gasteiger partial charge in [-0.05, 0) is 52.4 Å². The highest BCUT2D eigenvalue weighted by Crippen LogP contribution is 2.41. The molecule has 144 valence electrons. The van der Waals surface area contributed by atoms with E-state index < -0.39 is 12.7 Å². The number of hydrogen-bond donors (Lipinski definition) is 1. The number of methoxy groups -OCH3 is 1. The SMILES string of the molecule is COc1cccc([C@@H]2C=C(c3ccc(F)cc3)Nc3nnnn32)c1OC(F)F. The lowest BCUT2D eigenvalue weighted by atomic mass is 10.0. The molecule has 0 saturated heterocycles. The van der Waals surface area contributed by atoms with Gasteiger partial charge < -0.3 is 14.8 Å². The van der Waals surface area contributed by atoms with Gasteiger partial charge in [0.2, 0.25) is 5.95 Å². The smallest absolute Gasteiger partial charge is 0.387 e. The molecular weight excluding hydrogens is 375 g/mol. The van der Waals surface area contributed by atoms with Crippen LogP contribution in [0.5, 0.6) is 11.5 Å². The van der Waals surface area contributed by atoms with Crippen molar-refractivity contribution in [2.45, 2.75) is 12.7 Å². The molecule has 2 heterocycles. The summed E-state index contributed by atoms with van der Waals surface area (Å²) in [5, 5.41) is 14.5. The number of benzene rings is 2. The summed E-state index contributed by atoms with van der Waals surface area (Å²) < 4.78 is 50.6. The Kier molecular flexibility index (Phi) is 4.60. The molecule has 7 nitrogen and oxygen atoms in total. The number of rotatable bonds is 5. The molecule has 28 heavy (non-hydrogen) atoms. The number of anilines is 1. The third-order valence-corrected chi connectivity index (χ3v) is 4.24. The van der Waals surface area contributed by atoms with Gasteiger partial charge in [0.15, 0.2) is 11.5 Å². The molecule has 0 aliphatic carbocycles. The average molecular weight is 389 g/mol. The summed E-state index contributed by atoms with van der Waals surface area (Å²) >= 11 is 0. The second-order valence-corrected chi connectivity index (χ2v) is 5.86. The van der Waals surface area contributed by atoms with Gasteiger partial charge in [-0.2, -0.15) is 13.5 Å². The van der Waals surface area contributed by atoms with Gasteiger partial charge in [-0.25, -0.2) is 4.39 Å². The third kappa shape index (κ3) is 3.24. The summed E-state index contributed by atoms with van der Waals surface area (Å²) in [5.41, 5.74) is 1.66. The van der Waals surface area contributed by atoms with Crippen molar-refractivity contribution in [2.24, 2.45) is 0 Å². The number of halogens is 3. The Morgan fingerprint density at radius 1 is 1.14 bits per heavy atom. The zero-order valence-corrected chi connectivity index (χ0v) is 14.5. The molecule has 1 aromatic heterocycles. The van der Waals surface area contributed by atoms with Gasteiger partial charge in [-0.3, -0.25) is 0 Å². The molecule has 2 aromatic carbocycles. The maximum absolute atomic E-state index is 13.3. The van der Waals surface area contributed by atoms with E-state index in [2.05, 4.69) is 20.8 Å². The summed E-state index contributed by atoms with van der Waals surface area (Å²) in [6, 6.07) is 9.97. The van der Waals surface area contributed by atoms with E-state index in [1.807, 2.05) is 0 Å². The first kappa shape index (κ1) is 17.8. The van der Waals surface area contributed by atoms with Gasteiger partial charge in [0.25, 0.3) is 0 Å². The fourth-order valence-corrected chi connectivity index (χ4v) is 3.01. The van der Waals surface area contributed by atoms with E-state index in [4.69, 9.17) is 9.47 Å². The molecule has 0 fully saturated rings. The molecule has 1 N–H and O–H groups in total. The van der Waals surface area contributed by atoms with Crippen molar-refractivity contribution < 1.29 is 22.6 Å². The molecule has 4 rings (SSSR count). The molecule has 0 saturated carbocycles. The Morgan fingerprint density at radius 3 is 2.64 bits per heavy atom. The predicted molar refractivity (Wildman–Crippen MR) is 93.6 cm³/mol. The lowest BCUT2D eigenvalue weighted by Crippen LogP contribution is -2.21. The largest absolute Gasteiger partial charge is 0.493 e. The number of nitrogens with zero attached hydrogens (tertiary/aromatic N) is 4. The van der Waals surface area contributed by atoms with Crippen molar-refractivity contribution in [3.05, 3.63) is 65.5 Å². The summed E-state index contributed by atoms with van der Waals surface area (Å²) in [6.07, 6.45) is 1.74. The molecule has 0 bridgehead atoms. The molecule has 3 aromatic rings. The summed E-state index contributed by atoms with van der Waals surface area (Å²) in [7, 11) is 1.36. The zero-order valence-electron chi connectivity index (χ0n) is 14.5. The predicted octanol–water partition coefficient (Wildman–Crippen LogP) is 3.48. The molecule has 0 unspecified atom stereocenters. The number of ether oxygens (including phenoxy) is 2. The topological polar surface area (TPSA) is 74.1 Å². The van der Waals surface area contributed by atoms with Gasteiger partial charge in [0.05, 0.1) is 7.11 Å². The van der Waals surface area contributed by atoms with Crippen molar-refractivity contribution in [3.63, 3.8) is 0 Å². The highest BCUT2D eigenvalue weighted by molar-refractivity contribution is 5.77. The highest BCUT2D eigenvalue weighted by atomic mass is 19.3. The van der Waals surface area contributed by atoms with Crippen molar-refractivity contribution >= 4 is 11.6 Å². The van der Waals surface area contributed by atoms with E-state index >= 15 is 0 Å². The zero-order chi connectivity index (χ0) is 19.7. The van der Waals surface area contributed by atoms with Crippen LogP contribution < -0.4 is 14.8 Å². The van der Waals surface area contributed by atoms with Crippen molar-refractivity contribution in [1.82, 2.24) is 20.2 Å². The number of tetrazole rings is 1. The molecule has 1 aliphatic rings. The normalized spacial score (nSPS) is 15.6. The molecular formula is C18H14F3N5O2. The lowest BCUT2D eigenvalue weighted by molar-refractivity contribution is -0.0520. The Morgan fingerprint density at radius 2 is 1.93 bits per heavy atom. The third-order valence-electron chi connectivity index (χ3n) is 4.24. The van der Waals surface area contributed by atoms with E-state index in [-0.39, 0.29) is 17.3 Å². The van der Waals surface area contributed by atoms with Gasteiger partial charge in [0, 0.05) is 11.3 Å². The Bertz CT molecular complexity index is 1020. The quantitative estimate of drug-likeness (QED) is 0.720. The van der Waals surface area contributed by atoms with Crippen LogP contribution in [0.4, 0.5) is 19.1 Å². The van der Waals surface area contributed by atoms with Gasteiger partial charge in [-0.15, -0.1) is 0 Å².